The smallest absolute Gasteiger partial charge is 0.141 e. The number of hydrogen-bond donors (Lipinski definition) is 1. The number of aromatic nitrogens is 4. The molecule has 2 aromatic carbocycles. The van der Waals surface area contributed by atoms with Crippen LogP contribution in [-0.2, 0) is 0 Å². The number of benzene rings is 2. The van der Waals surface area contributed by atoms with Crippen LogP contribution in [0.25, 0.3) is 21.9 Å². The van der Waals surface area contributed by atoms with Crippen molar-refractivity contribution in [2.45, 2.75) is 26.8 Å². The minimum absolute atomic E-state index is 0.330. The predicted molar refractivity (Wildman–Crippen MR) is 103 cm³/mol. The molecule has 0 aliphatic rings. The topological polar surface area (TPSA) is 55.6 Å². The molecule has 0 atom stereocenters. The van der Waals surface area contributed by atoms with Crippen molar-refractivity contribution >= 4 is 45.0 Å². The summed E-state index contributed by atoms with van der Waals surface area (Å²) in [7, 11) is 0. The minimum Gasteiger partial charge on any atom is -0.340 e. The molecule has 2 aromatic heterocycles. The normalized spacial score (nSPS) is 11.6. The highest BCUT2D eigenvalue weighted by Crippen LogP contribution is 2.30. The van der Waals surface area contributed by atoms with Gasteiger partial charge in [0.2, 0.25) is 0 Å². The zero-order chi connectivity index (χ0) is 17.6. The van der Waals surface area contributed by atoms with E-state index < -0.39 is 0 Å². The number of rotatable bonds is 3. The Morgan fingerprint density at radius 3 is 2.68 bits per heavy atom. The summed E-state index contributed by atoms with van der Waals surface area (Å²) in [6, 6.07) is 12.0. The second-order valence-electron chi connectivity index (χ2n) is 6.34. The third-order valence-electron chi connectivity index (χ3n) is 4.23. The van der Waals surface area contributed by atoms with Gasteiger partial charge in [-0.1, -0.05) is 17.7 Å². The zero-order valence-corrected chi connectivity index (χ0v) is 15.0. The van der Waals surface area contributed by atoms with Crippen LogP contribution in [0.15, 0.2) is 42.7 Å². The fourth-order valence-electron chi connectivity index (χ4n) is 3.22. The van der Waals surface area contributed by atoms with Crippen molar-refractivity contribution < 1.29 is 0 Å². The van der Waals surface area contributed by atoms with Gasteiger partial charge in [-0.2, -0.15) is 0 Å². The van der Waals surface area contributed by atoms with Crippen LogP contribution in [0.2, 0.25) is 5.02 Å². The van der Waals surface area contributed by atoms with Gasteiger partial charge in [-0.25, -0.2) is 15.0 Å². The average Bonchev–Trinajstić information content (AvgIpc) is 2.88. The Labute approximate surface area is 150 Å². The lowest BCUT2D eigenvalue weighted by Crippen LogP contribution is -2.03. The summed E-state index contributed by atoms with van der Waals surface area (Å²) >= 11 is 6.08. The van der Waals surface area contributed by atoms with E-state index in [2.05, 4.69) is 44.7 Å². The molecule has 0 radical (unpaired) electrons. The lowest BCUT2D eigenvalue weighted by atomic mass is 10.2. The monoisotopic (exact) mass is 351 g/mol. The van der Waals surface area contributed by atoms with Crippen LogP contribution in [-0.4, -0.2) is 19.5 Å². The molecular formula is C19H18ClN5. The number of halogens is 1. The Kier molecular flexibility index (Phi) is 3.81. The summed E-state index contributed by atoms with van der Waals surface area (Å²) in [4.78, 5) is 13.5. The van der Waals surface area contributed by atoms with Gasteiger partial charge in [-0.05, 0) is 51.1 Å². The number of hydrogen-bond acceptors (Lipinski definition) is 4. The number of nitrogens with zero attached hydrogens (tertiary/aromatic N) is 4. The number of nitrogens with one attached hydrogen (secondary N) is 1. The number of imidazole rings is 1. The minimum atomic E-state index is 0.330. The highest BCUT2D eigenvalue weighted by molar-refractivity contribution is 6.30. The average molecular weight is 352 g/mol. The number of fused-ring (bicyclic) bond motifs is 2. The molecule has 4 rings (SSSR count). The van der Waals surface area contributed by atoms with Gasteiger partial charge in [-0.3, -0.25) is 0 Å². The van der Waals surface area contributed by atoms with Gasteiger partial charge in [0.25, 0.3) is 0 Å². The van der Waals surface area contributed by atoms with Crippen LogP contribution in [0, 0.1) is 6.92 Å². The van der Waals surface area contributed by atoms with E-state index in [4.69, 9.17) is 11.6 Å². The molecule has 0 fully saturated rings. The molecule has 126 valence electrons. The lowest BCUT2D eigenvalue weighted by Gasteiger charge is -2.12. The van der Waals surface area contributed by atoms with E-state index in [1.807, 2.05) is 37.3 Å². The van der Waals surface area contributed by atoms with Crippen molar-refractivity contribution in [1.82, 2.24) is 19.5 Å². The second kappa shape index (κ2) is 6.01. The lowest BCUT2D eigenvalue weighted by molar-refractivity contribution is 0.600. The summed E-state index contributed by atoms with van der Waals surface area (Å²) in [5.41, 5.74) is 3.79. The summed E-state index contributed by atoms with van der Waals surface area (Å²) < 4.78 is 2.23. The molecule has 0 amide bonds. The molecule has 1 N–H and O–H groups in total. The molecule has 0 saturated carbocycles. The van der Waals surface area contributed by atoms with Crippen LogP contribution in [0.5, 0.6) is 0 Å². The molecular weight excluding hydrogens is 334 g/mol. The Hall–Kier alpha value is -2.66. The molecule has 0 saturated heterocycles. The molecule has 0 spiro atoms. The summed E-state index contributed by atoms with van der Waals surface area (Å²) in [5.74, 6) is 1.75. The van der Waals surface area contributed by atoms with Crippen LogP contribution in [0.4, 0.5) is 11.5 Å². The summed E-state index contributed by atoms with van der Waals surface area (Å²) in [6.07, 6.45) is 1.56. The molecule has 0 aliphatic heterocycles. The first-order valence-electron chi connectivity index (χ1n) is 8.19. The van der Waals surface area contributed by atoms with Crippen LogP contribution < -0.4 is 5.32 Å². The highest BCUT2D eigenvalue weighted by atomic mass is 35.5. The number of anilines is 2. The predicted octanol–water partition coefficient (Wildman–Crippen LogP) is 5.27. The van der Waals surface area contributed by atoms with E-state index in [-0.39, 0.29) is 0 Å². The zero-order valence-electron chi connectivity index (χ0n) is 14.3. The third-order valence-corrected chi connectivity index (χ3v) is 4.46. The van der Waals surface area contributed by atoms with Crippen molar-refractivity contribution in [3.63, 3.8) is 0 Å². The van der Waals surface area contributed by atoms with Gasteiger partial charge in [0, 0.05) is 22.1 Å². The highest BCUT2D eigenvalue weighted by Gasteiger charge is 2.13. The van der Waals surface area contributed by atoms with Crippen LogP contribution in [0.1, 0.15) is 25.7 Å². The fraction of sp³-hybridized carbons (Fsp3) is 0.211. The number of aryl methyl sites for hydroxylation is 1. The maximum atomic E-state index is 6.08. The SMILES string of the molecule is Cc1nc2cc3ncnc(Nc4cccc(Cl)c4)c3cc2n1C(C)C. The van der Waals surface area contributed by atoms with Crippen molar-refractivity contribution in [3.05, 3.63) is 53.6 Å². The Morgan fingerprint density at radius 1 is 1.08 bits per heavy atom. The Morgan fingerprint density at radius 2 is 1.92 bits per heavy atom. The summed E-state index contributed by atoms with van der Waals surface area (Å²) in [5, 5.41) is 4.98. The fourth-order valence-corrected chi connectivity index (χ4v) is 3.41. The van der Waals surface area contributed by atoms with E-state index in [1.54, 1.807) is 6.33 Å². The van der Waals surface area contributed by atoms with Crippen LogP contribution in [0.3, 0.4) is 0 Å². The molecule has 0 bridgehead atoms. The standard InChI is InChI=1S/C19H18ClN5/c1-11(2)25-12(3)23-17-9-16-15(8-18(17)25)19(22-10-21-16)24-14-6-4-5-13(20)7-14/h4-11H,1-3H3,(H,21,22,24). The van der Waals surface area contributed by atoms with Gasteiger partial charge in [0.15, 0.2) is 0 Å². The van der Waals surface area contributed by atoms with E-state index in [9.17, 15) is 0 Å². The van der Waals surface area contributed by atoms with Gasteiger partial charge in [0.1, 0.15) is 18.0 Å². The molecule has 25 heavy (non-hydrogen) atoms. The molecule has 0 aliphatic carbocycles. The largest absolute Gasteiger partial charge is 0.340 e. The van der Waals surface area contributed by atoms with Crippen molar-refractivity contribution in [3.8, 4) is 0 Å². The maximum absolute atomic E-state index is 6.08. The van der Waals surface area contributed by atoms with Gasteiger partial charge >= 0.3 is 0 Å². The molecule has 5 nitrogen and oxygen atoms in total. The molecule has 6 heteroatoms. The van der Waals surface area contributed by atoms with E-state index in [0.29, 0.717) is 11.1 Å². The molecule has 4 aromatic rings. The van der Waals surface area contributed by atoms with Crippen molar-refractivity contribution in [2.75, 3.05) is 5.32 Å². The molecule has 2 heterocycles. The van der Waals surface area contributed by atoms with Gasteiger partial charge in [-0.15, -0.1) is 0 Å². The Bertz CT molecular complexity index is 1080. The first-order chi connectivity index (χ1) is 12.0. The Balaban J connectivity index is 1.91. The quantitative estimate of drug-likeness (QED) is 0.546. The molecule has 0 unspecified atom stereocenters. The van der Waals surface area contributed by atoms with Crippen LogP contribution >= 0.6 is 11.6 Å². The maximum Gasteiger partial charge on any atom is 0.141 e. The first-order valence-corrected chi connectivity index (χ1v) is 8.56. The second-order valence-corrected chi connectivity index (χ2v) is 6.77. The third kappa shape index (κ3) is 2.81. The summed E-state index contributed by atoms with van der Waals surface area (Å²) in [6.45, 7) is 6.34. The van der Waals surface area contributed by atoms with Crippen molar-refractivity contribution in [1.29, 1.82) is 0 Å². The van der Waals surface area contributed by atoms with Gasteiger partial charge in [0.05, 0.1) is 16.6 Å². The van der Waals surface area contributed by atoms with E-state index in [1.165, 1.54) is 0 Å². The van der Waals surface area contributed by atoms with Crippen molar-refractivity contribution in [2.24, 2.45) is 0 Å². The first kappa shape index (κ1) is 15.8. The van der Waals surface area contributed by atoms with E-state index in [0.717, 1.165) is 39.3 Å². The van der Waals surface area contributed by atoms with Gasteiger partial charge < -0.3 is 9.88 Å². The van der Waals surface area contributed by atoms with E-state index >= 15 is 0 Å².